The molecular weight excluding hydrogens is 544 g/mol. The molecule has 0 aliphatic rings. The number of amides is 2. The zero-order valence-corrected chi connectivity index (χ0v) is 23.3. The number of anilines is 1. The molecule has 0 atom stereocenters. The first-order chi connectivity index (χ1) is 19.4. The Kier molecular flexibility index (Phi) is 10.2. The molecule has 0 aromatic heterocycles. The number of carbonyl (C=O) groups is 3. The molecule has 0 radical (unpaired) electrons. The SMILES string of the molecule is CCOc1ccccc1/C=C(\NC(=O)c1ccccc1)C(=O)Nc1ccc(SCC(=O)c2ccc(Cl)cc2)cc1. The van der Waals surface area contributed by atoms with Crippen LogP contribution in [0.1, 0.15) is 33.2 Å². The van der Waals surface area contributed by atoms with Crippen molar-refractivity contribution in [2.45, 2.75) is 11.8 Å². The van der Waals surface area contributed by atoms with Crippen LogP contribution in [-0.2, 0) is 4.79 Å². The Morgan fingerprint density at radius 3 is 2.20 bits per heavy atom. The summed E-state index contributed by atoms with van der Waals surface area (Å²) in [5.74, 6) is -0.0404. The van der Waals surface area contributed by atoms with Gasteiger partial charge in [-0.3, -0.25) is 14.4 Å². The first kappa shape index (κ1) is 28.7. The number of ketones is 1. The van der Waals surface area contributed by atoms with Crippen molar-refractivity contribution in [3.05, 3.63) is 131 Å². The number of ether oxygens (including phenoxy) is 1. The Labute approximate surface area is 242 Å². The Balaban J connectivity index is 1.47. The summed E-state index contributed by atoms with van der Waals surface area (Å²) < 4.78 is 5.69. The largest absolute Gasteiger partial charge is 0.493 e. The van der Waals surface area contributed by atoms with E-state index in [0.29, 0.717) is 39.8 Å². The van der Waals surface area contributed by atoms with E-state index in [4.69, 9.17) is 16.3 Å². The minimum absolute atomic E-state index is 0.00434. The second-order valence-corrected chi connectivity index (χ2v) is 10.0. The van der Waals surface area contributed by atoms with Gasteiger partial charge in [0.2, 0.25) is 0 Å². The number of para-hydroxylation sites is 1. The van der Waals surface area contributed by atoms with E-state index in [2.05, 4.69) is 10.6 Å². The fourth-order valence-electron chi connectivity index (χ4n) is 3.69. The van der Waals surface area contributed by atoms with E-state index >= 15 is 0 Å². The number of thioether (sulfide) groups is 1. The van der Waals surface area contributed by atoms with E-state index in [-0.39, 0.29) is 17.2 Å². The summed E-state index contributed by atoms with van der Waals surface area (Å²) in [5, 5.41) is 6.16. The van der Waals surface area contributed by atoms with E-state index in [9.17, 15) is 14.4 Å². The number of hydrogen-bond donors (Lipinski definition) is 2. The molecule has 0 bridgehead atoms. The van der Waals surface area contributed by atoms with Gasteiger partial charge in [-0.1, -0.05) is 48.0 Å². The molecular formula is C32H27ClN2O4S. The van der Waals surface area contributed by atoms with Gasteiger partial charge in [0.15, 0.2) is 5.78 Å². The molecule has 40 heavy (non-hydrogen) atoms. The quantitative estimate of drug-likeness (QED) is 0.114. The highest BCUT2D eigenvalue weighted by atomic mass is 35.5. The maximum absolute atomic E-state index is 13.3. The average Bonchev–Trinajstić information content (AvgIpc) is 2.98. The summed E-state index contributed by atoms with van der Waals surface area (Å²) >= 11 is 7.29. The smallest absolute Gasteiger partial charge is 0.272 e. The maximum Gasteiger partial charge on any atom is 0.272 e. The Morgan fingerprint density at radius 1 is 0.825 bits per heavy atom. The summed E-state index contributed by atoms with van der Waals surface area (Å²) in [7, 11) is 0. The van der Waals surface area contributed by atoms with Crippen molar-refractivity contribution in [3.63, 3.8) is 0 Å². The molecule has 0 heterocycles. The van der Waals surface area contributed by atoms with Crippen molar-refractivity contribution in [2.24, 2.45) is 0 Å². The number of benzene rings is 4. The normalized spacial score (nSPS) is 11.0. The Hall–Kier alpha value is -4.33. The molecule has 4 aromatic rings. The topological polar surface area (TPSA) is 84.5 Å². The number of carbonyl (C=O) groups excluding carboxylic acids is 3. The van der Waals surface area contributed by atoms with Crippen LogP contribution in [-0.4, -0.2) is 30.0 Å². The highest BCUT2D eigenvalue weighted by Crippen LogP contribution is 2.24. The van der Waals surface area contributed by atoms with Crippen molar-refractivity contribution in [2.75, 3.05) is 17.7 Å². The van der Waals surface area contributed by atoms with Crippen LogP contribution in [0.3, 0.4) is 0 Å². The van der Waals surface area contributed by atoms with Crippen molar-refractivity contribution in [1.29, 1.82) is 0 Å². The number of nitrogens with one attached hydrogen (secondary N) is 2. The Bertz CT molecular complexity index is 1500. The molecule has 2 N–H and O–H groups in total. The minimum atomic E-state index is -0.492. The number of halogens is 1. The summed E-state index contributed by atoms with van der Waals surface area (Å²) in [5.41, 5.74) is 2.28. The van der Waals surface area contributed by atoms with Gasteiger partial charge >= 0.3 is 0 Å². The van der Waals surface area contributed by atoms with Crippen LogP contribution in [0.5, 0.6) is 5.75 Å². The van der Waals surface area contributed by atoms with Crippen LogP contribution in [0.15, 0.2) is 114 Å². The Morgan fingerprint density at radius 2 is 1.50 bits per heavy atom. The van der Waals surface area contributed by atoms with Crippen molar-refractivity contribution < 1.29 is 19.1 Å². The molecule has 6 nitrogen and oxygen atoms in total. The van der Waals surface area contributed by atoms with Crippen molar-refractivity contribution >= 4 is 52.7 Å². The van der Waals surface area contributed by atoms with Gasteiger partial charge in [0.05, 0.1) is 12.4 Å². The highest BCUT2D eigenvalue weighted by Gasteiger charge is 2.16. The van der Waals surface area contributed by atoms with E-state index in [1.807, 2.05) is 43.3 Å². The second-order valence-electron chi connectivity index (χ2n) is 8.55. The molecule has 0 aliphatic carbocycles. The molecule has 0 aliphatic heterocycles. The van der Waals surface area contributed by atoms with Gasteiger partial charge in [0.25, 0.3) is 11.8 Å². The van der Waals surface area contributed by atoms with Gasteiger partial charge in [0, 0.05) is 32.3 Å². The van der Waals surface area contributed by atoms with Crippen molar-refractivity contribution in [1.82, 2.24) is 5.32 Å². The van der Waals surface area contributed by atoms with Crippen LogP contribution in [0.25, 0.3) is 6.08 Å². The van der Waals surface area contributed by atoms with Gasteiger partial charge in [-0.15, -0.1) is 11.8 Å². The van der Waals surface area contributed by atoms with E-state index in [1.54, 1.807) is 72.8 Å². The van der Waals surface area contributed by atoms with Crippen LogP contribution in [0.2, 0.25) is 5.02 Å². The fraction of sp³-hybridized carbons (Fsp3) is 0.0938. The zero-order chi connectivity index (χ0) is 28.3. The van der Waals surface area contributed by atoms with Crippen molar-refractivity contribution in [3.8, 4) is 5.75 Å². The lowest BCUT2D eigenvalue weighted by Gasteiger charge is -2.13. The molecule has 0 saturated heterocycles. The van der Waals surface area contributed by atoms with Crippen LogP contribution >= 0.6 is 23.4 Å². The third kappa shape index (κ3) is 8.09. The number of Topliss-reactive ketones (excluding diaryl/α,β-unsaturated/α-hetero) is 1. The summed E-state index contributed by atoms with van der Waals surface area (Å²) in [6.07, 6.45) is 1.59. The molecule has 0 fully saturated rings. The predicted molar refractivity (Wildman–Crippen MR) is 161 cm³/mol. The van der Waals surface area contributed by atoms with Gasteiger partial charge < -0.3 is 15.4 Å². The average molecular weight is 571 g/mol. The number of rotatable bonds is 11. The zero-order valence-electron chi connectivity index (χ0n) is 21.7. The summed E-state index contributed by atoms with van der Waals surface area (Å²) in [6, 6.07) is 29.9. The molecule has 202 valence electrons. The van der Waals surface area contributed by atoms with Crippen LogP contribution < -0.4 is 15.4 Å². The molecule has 4 aromatic carbocycles. The van der Waals surface area contributed by atoms with Crippen LogP contribution in [0, 0.1) is 0 Å². The summed E-state index contributed by atoms with van der Waals surface area (Å²) in [4.78, 5) is 39.6. The van der Waals surface area contributed by atoms with E-state index in [1.165, 1.54) is 11.8 Å². The molecule has 2 amide bonds. The maximum atomic E-state index is 13.3. The van der Waals surface area contributed by atoms with E-state index in [0.717, 1.165) is 4.90 Å². The van der Waals surface area contributed by atoms with Gasteiger partial charge in [0.1, 0.15) is 11.4 Å². The molecule has 4 rings (SSSR count). The lowest BCUT2D eigenvalue weighted by atomic mass is 10.1. The molecule has 0 spiro atoms. The lowest BCUT2D eigenvalue weighted by Crippen LogP contribution is -2.30. The number of hydrogen-bond acceptors (Lipinski definition) is 5. The minimum Gasteiger partial charge on any atom is -0.493 e. The molecule has 0 unspecified atom stereocenters. The van der Waals surface area contributed by atoms with Gasteiger partial charge in [-0.2, -0.15) is 0 Å². The van der Waals surface area contributed by atoms with E-state index < -0.39 is 11.8 Å². The van der Waals surface area contributed by atoms with Gasteiger partial charge in [-0.05, 0) is 79.7 Å². The first-order valence-corrected chi connectivity index (χ1v) is 13.9. The fourth-order valence-corrected chi connectivity index (χ4v) is 4.60. The monoisotopic (exact) mass is 570 g/mol. The van der Waals surface area contributed by atoms with Gasteiger partial charge in [-0.25, -0.2) is 0 Å². The lowest BCUT2D eigenvalue weighted by molar-refractivity contribution is -0.113. The predicted octanol–water partition coefficient (Wildman–Crippen LogP) is 7.12. The molecule has 8 heteroatoms. The van der Waals surface area contributed by atoms with Crippen LogP contribution in [0.4, 0.5) is 5.69 Å². The third-order valence-electron chi connectivity index (χ3n) is 5.70. The summed E-state index contributed by atoms with van der Waals surface area (Å²) in [6.45, 7) is 2.33. The highest BCUT2D eigenvalue weighted by molar-refractivity contribution is 8.00. The second kappa shape index (κ2) is 14.2. The first-order valence-electron chi connectivity index (χ1n) is 12.6. The molecule has 0 saturated carbocycles. The third-order valence-corrected chi connectivity index (χ3v) is 6.96. The standard InChI is InChI=1S/C32H27ClN2O4S/c1-2-39-30-11-7-6-10-24(30)20-28(35-31(37)23-8-4-3-5-9-23)32(38)34-26-16-18-27(19-17-26)40-21-29(36)22-12-14-25(33)15-13-22/h3-20H,2,21H2,1H3,(H,34,38)(H,35,37)/b28-20-.